The molecule has 3 rings (SSSR count). The van der Waals surface area contributed by atoms with Gasteiger partial charge in [-0.15, -0.1) is 0 Å². The largest absolute Gasteiger partial charge is 0.398 e. The number of hydrogen-bond donors (Lipinski definition) is 1. The smallest absolute Gasteiger partial charge is 0.264 e. The van der Waals surface area contributed by atoms with Gasteiger partial charge in [0.1, 0.15) is 11.6 Å². The van der Waals surface area contributed by atoms with Gasteiger partial charge >= 0.3 is 0 Å². The average molecular weight is 320 g/mol. The Kier molecular flexibility index (Phi) is 3.48. The Bertz CT molecular complexity index is 872. The van der Waals surface area contributed by atoms with Crippen molar-refractivity contribution in [1.82, 2.24) is 9.55 Å². The number of nitrogens with two attached hydrogens (primary N) is 1. The van der Waals surface area contributed by atoms with E-state index in [9.17, 15) is 14.4 Å². The summed E-state index contributed by atoms with van der Waals surface area (Å²) in [6, 6.07) is 2.40. The SMILES string of the molecule is Cc1nc2cc(Cl)cc(N)c2c(=O)n1[C@H]1CCC(=O)CC1=O. The quantitative estimate of drug-likeness (QED) is 0.639. The zero-order valence-corrected chi connectivity index (χ0v) is 12.7. The lowest BCUT2D eigenvalue weighted by Gasteiger charge is -2.24. The number of carbonyl (C=O) groups is 2. The van der Waals surface area contributed by atoms with Crippen molar-refractivity contribution in [2.75, 3.05) is 5.73 Å². The van der Waals surface area contributed by atoms with E-state index in [1.807, 2.05) is 0 Å². The van der Waals surface area contributed by atoms with Crippen LogP contribution in [0.15, 0.2) is 16.9 Å². The second kappa shape index (κ2) is 5.21. The monoisotopic (exact) mass is 319 g/mol. The van der Waals surface area contributed by atoms with Crippen molar-refractivity contribution in [2.45, 2.75) is 32.2 Å². The highest BCUT2D eigenvalue weighted by molar-refractivity contribution is 6.31. The molecule has 1 saturated carbocycles. The third-order valence-corrected chi connectivity index (χ3v) is 4.15. The van der Waals surface area contributed by atoms with Crippen LogP contribution >= 0.6 is 11.6 Å². The van der Waals surface area contributed by atoms with Gasteiger partial charge in [-0.1, -0.05) is 11.6 Å². The molecule has 1 atom stereocenters. The first-order chi connectivity index (χ1) is 10.4. The molecule has 1 aromatic heterocycles. The maximum atomic E-state index is 12.8. The Balaban J connectivity index is 2.25. The van der Waals surface area contributed by atoms with E-state index < -0.39 is 6.04 Å². The summed E-state index contributed by atoms with van der Waals surface area (Å²) in [6.07, 6.45) is 0.472. The second-order valence-corrected chi connectivity index (χ2v) is 5.90. The lowest BCUT2D eigenvalue weighted by atomic mass is 9.92. The van der Waals surface area contributed by atoms with Crippen molar-refractivity contribution in [2.24, 2.45) is 0 Å². The fourth-order valence-electron chi connectivity index (χ4n) is 2.93. The fourth-order valence-corrected chi connectivity index (χ4v) is 3.15. The van der Waals surface area contributed by atoms with Gasteiger partial charge in [-0.2, -0.15) is 0 Å². The van der Waals surface area contributed by atoms with E-state index in [2.05, 4.69) is 4.98 Å². The Labute approximate surface area is 130 Å². The Hall–Kier alpha value is -2.21. The summed E-state index contributed by atoms with van der Waals surface area (Å²) in [5, 5.41) is 0.646. The van der Waals surface area contributed by atoms with E-state index in [-0.39, 0.29) is 41.0 Å². The van der Waals surface area contributed by atoms with Gasteiger partial charge in [0, 0.05) is 17.1 Å². The molecule has 7 heteroatoms. The lowest BCUT2D eigenvalue weighted by molar-refractivity contribution is -0.132. The summed E-state index contributed by atoms with van der Waals surface area (Å²) in [5.41, 5.74) is 6.15. The predicted octanol–water partition coefficient (Wildman–Crippen LogP) is 1.80. The van der Waals surface area contributed by atoms with Crippen LogP contribution in [0, 0.1) is 6.92 Å². The number of benzene rings is 1. The molecule has 0 amide bonds. The van der Waals surface area contributed by atoms with Gasteiger partial charge < -0.3 is 5.73 Å². The van der Waals surface area contributed by atoms with Crippen LogP contribution in [0.3, 0.4) is 0 Å². The minimum Gasteiger partial charge on any atom is -0.398 e. The summed E-state index contributed by atoms with van der Waals surface area (Å²) < 4.78 is 1.35. The number of aryl methyl sites for hydroxylation is 1. The number of nitrogens with zero attached hydrogens (tertiary/aromatic N) is 2. The van der Waals surface area contributed by atoms with E-state index in [1.165, 1.54) is 10.6 Å². The van der Waals surface area contributed by atoms with Crippen LogP contribution in [0.5, 0.6) is 0 Å². The molecule has 114 valence electrons. The van der Waals surface area contributed by atoms with Crippen molar-refractivity contribution in [3.63, 3.8) is 0 Å². The molecule has 0 radical (unpaired) electrons. The van der Waals surface area contributed by atoms with Crippen LogP contribution in [-0.4, -0.2) is 21.1 Å². The predicted molar refractivity (Wildman–Crippen MR) is 83.1 cm³/mol. The molecule has 2 aromatic rings. The lowest BCUT2D eigenvalue weighted by Crippen LogP contribution is -2.36. The number of Topliss-reactive ketones (excluding diaryl/α,β-unsaturated/α-hetero) is 2. The van der Waals surface area contributed by atoms with Crippen LogP contribution in [-0.2, 0) is 9.59 Å². The van der Waals surface area contributed by atoms with E-state index in [1.54, 1.807) is 13.0 Å². The van der Waals surface area contributed by atoms with E-state index in [0.29, 0.717) is 22.8 Å². The highest BCUT2D eigenvalue weighted by Gasteiger charge is 2.30. The van der Waals surface area contributed by atoms with Crippen LogP contribution < -0.4 is 11.3 Å². The minimum absolute atomic E-state index is 0.0907. The van der Waals surface area contributed by atoms with Crippen LogP contribution in [0.25, 0.3) is 10.9 Å². The van der Waals surface area contributed by atoms with E-state index >= 15 is 0 Å². The molecule has 0 bridgehead atoms. The topological polar surface area (TPSA) is 95.0 Å². The van der Waals surface area contributed by atoms with E-state index in [4.69, 9.17) is 17.3 Å². The Morgan fingerprint density at radius 2 is 2.05 bits per heavy atom. The summed E-state index contributed by atoms with van der Waals surface area (Å²) in [6.45, 7) is 1.65. The number of anilines is 1. The van der Waals surface area contributed by atoms with Crippen LogP contribution in [0.4, 0.5) is 5.69 Å². The fraction of sp³-hybridized carbons (Fsp3) is 0.333. The molecule has 1 aliphatic rings. The number of halogens is 1. The number of fused-ring (bicyclic) bond motifs is 1. The minimum atomic E-state index is -0.655. The molecule has 0 saturated heterocycles. The van der Waals surface area contributed by atoms with Crippen molar-refractivity contribution < 1.29 is 9.59 Å². The standard InChI is InChI=1S/C15H14ClN3O3/c1-7-18-11-5-8(16)4-10(17)14(11)15(22)19(7)12-3-2-9(20)6-13(12)21/h4-5,12H,2-3,6,17H2,1H3/t12-/m0/s1. The summed E-state index contributed by atoms with van der Waals surface area (Å²) >= 11 is 5.94. The molecule has 6 nitrogen and oxygen atoms in total. The van der Waals surface area contributed by atoms with Gasteiger partial charge in [0.15, 0.2) is 5.78 Å². The normalized spacial score (nSPS) is 18.9. The molecule has 2 N–H and O–H groups in total. The first kappa shape index (κ1) is 14.7. The molecule has 1 aliphatic carbocycles. The van der Waals surface area contributed by atoms with Gasteiger partial charge in [0.05, 0.1) is 23.4 Å². The van der Waals surface area contributed by atoms with Crippen LogP contribution in [0.2, 0.25) is 5.02 Å². The highest BCUT2D eigenvalue weighted by atomic mass is 35.5. The molecular formula is C15H14ClN3O3. The molecule has 22 heavy (non-hydrogen) atoms. The third-order valence-electron chi connectivity index (χ3n) is 3.93. The van der Waals surface area contributed by atoms with Crippen molar-refractivity contribution in [3.8, 4) is 0 Å². The van der Waals surface area contributed by atoms with Gasteiger partial charge in [-0.3, -0.25) is 19.0 Å². The van der Waals surface area contributed by atoms with Gasteiger partial charge in [0.2, 0.25) is 0 Å². The number of hydrogen-bond acceptors (Lipinski definition) is 5. The van der Waals surface area contributed by atoms with Crippen molar-refractivity contribution >= 4 is 39.8 Å². The van der Waals surface area contributed by atoms with Crippen molar-refractivity contribution in [1.29, 1.82) is 0 Å². The van der Waals surface area contributed by atoms with Crippen molar-refractivity contribution in [3.05, 3.63) is 33.3 Å². The summed E-state index contributed by atoms with van der Waals surface area (Å²) in [5.74, 6) is 0.0639. The average Bonchev–Trinajstić information content (AvgIpc) is 2.39. The number of rotatable bonds is 1. The summed E-state index contributed by atoms with van der Waals surface area (Å²) in [4.78, 5) is 40.6. The Morgan fingerprint density at radius 1 is 1.32 bits per heavy atom. The molecule has 0 spiro atoms. The molecule has 1 aromatic carbocycles. The second-order valence-electron chi connectivity index (χ2n) is 5.46. The van der Waals surface area contributed by atoms with Crippen LogP contribution in [0.1, 0.15) is 31.1 Å². The zero-order valence-electron chi connectivity index (χ0n) is 11.9. The molecular weight excluding hydrogens is 306 g/mol. The number of nitrogen functional groups attached to an aromatic ring is 1. The highest BCUT2D eigenvalue weighted by Crippen LogP contribution is 2.26. The first-order valence-corrected chi connectivity index (χ1v) is 7.28. The van der Waals surface area contributed by atoms with Gasteiger partial charge in [-0.25, -0.2) is 4.98 Å². The number of aromatic nitrogens is 2. The van der Waals surface area contributed by atoms with Gasteiger partial charge in [-0.05, 0) is 25.5 Å². The molecule has 0 unspecified atom stereocenters. The molecule has 0 aliphatic heterocycles. The molecule has 1 fully saturated rings. The molecule has 1 heterocycles. The van der Waals surface area contributed by atoms with Gasteiger partial charge in [0.25, 0.3) is 5.56 Å². The number of carbonyl (C=O) groups excluding carboxylic acids is 2. The van der Waals surface area contributed by atoms with E-state index in [0.717, 1.165) is 0 Å². The number of ketones is 2. The maximum absolute atomic E-state index is 12.8. The zero-order chi connectivity index (χ0) is 16.0. The third kappa shape index (κ3) is 2.29. The first-order valence-electron chi connectivity index (χ1n) is 6.90. The Morgan fingerprint density at radius 3 is 2.73 bits per heavy atom. The maximum Gasteiger partial charge on any atom is 0.264 e. The summed E-state index contributed by atoms with van der Waals surface area (Å²) in [7, 11) is 0.